The van der Waals surface area contributed by atoms with E-state index in [9.17, 15) is 0 Å². The van der Waals surface area contributed by atoms with E-state index >= 15 is 0 Å². The van der Waals surface area contributed by atoms with Gasteiger partial charge in [0.15, 0.2) is 0 Å². The lowest BCUT2D eigenvalue weighted by molar-refractivity contribution is 0.284. The Hall–Kier alpha value is -0.760. The highest BCUT2D eigenvalue weighted by Crippen LogP contribution is 2.23. The lowest BCUT2D eigenvalue weighted by Gasteiger charge is -2.12. The van der Waals surface area contributed by atoms with E-state index < -0.39 is 0 Å². The first kappa shape index (κ1) is 14.3. The molecule has 0 atom stereocenters. The molecule has 17 heavy (non-hydrogen) atoms. The smallest absolute Gasteiger partial charge is 0.218 e. The molecule has 0 aliphatic carbocycles. The molecule has 1 heterocycles. The van der Waals surface area contributed by atoms with E-state index in [1.54, 1.807) is 0 Å². The minimum Gasteiger partial charge on any atom is -0.477 e. The van der Waals surface area contributed by atoms with E-state index in [1.165, 1.54) is 6.42 Å². The molecular formula is C14H22ClNO. The van der Waals surface area contributed by atoms with Crippen LogP contribution >= 0.6 is 11.6 Å². The van der Waals surface area contributed by atoms with E-state index in [4.69, 9.17) is 16.3 Å². The summed E-state index contributed by atoms with van der Waals surface area (Å²) in [7, 11) is 0. The van der Waals surface area contributed by atoms with Crippen LogP contribution in [0.5, 0.6) is 5.88 Å². The number of ether oxygens (including phenoxy) is 1. The molecule has 1 rings (SSSR count). The van der Waals surface area contributed by atoms with Crippen LogP contribution in [0.3, 0.4) is 0 Å². The molecule has 0 aromatic carbocycles. The number of aromatic nitrogens is 1. The van der Waals surface area contributed by atoms with E-state index in [0.29, 0.717) is 11.8 Å². The average molecular weight is 256 g/mol. The third-order valence-electron chi connectivity index (χ3n) is 2.74. The minimum absolute atomic E-state index is 0.457. The van der Waals surface area contributed by atoms with Gasteiger partial charge >= 0.3 is 0 Å². The third kappa shape index (κ3) is 4.55. The van der Waals surface area contributed by atoms with Crippen LogP contribution in [0.25, 0.3) is 0 Å². The monoisotopic (exact) mass is 255 g/mol. The van der Waals surface area contributed by atoms with Crippen molar-refractivity contribution >= 4 is 11.6 Å². The van der Waals surface area contributed by atoms with E-state index in [2.05, 4.69) is 18.8 Å². The number of halogens is 1. The Morgan fingerprint density at radius 2 is 2.06 bits per heavy atom. The fourth-order valence-electron chi connectivity index (χ4n) is 1.77. The normalized spacial score (nSPS) is 10.9. The second kappa shape index (κ2) is 6.85. The Bertz CT molecular complexity index is 363. The van der Waals surface area contributed by atoms with Crippen molar-refractivity contribution in [1.82, 2.24) is 4.98 Å². The quantitative estimate of drug-likeness (QED) is 0.560. The van der Waals surface area contributed by atoms with Crippen molar-refractivity contribution in [2.75, 3.05) is 6.61 Å². The van der Waals surface area contributed by atoms with Gasteiger partial charge < -0.3 is 4.74 Å². The summed E-state index contributed by atoms with van der Waals surface area (Å²) in [6, 6.07) is 2.04. The van der Waals surface area contributed by atoms with Crippen LogP contribution in [0.4, 0.5) is 0 Å². The number of aryl methyl sites for hydroxylation is 2. The van der Waals surface area contributed by atoms with Crippen LogP contribution in [-0.4, -0.2) is 11.6 Å². The highest BCUT2D eigenvalue weighted by Gasteiger charge is 2.09. The zero-order valence-corrected chi connectivity index (χ0v) is 12.0. The van der Waals surface area contributed by atoms with Crippen molar-refractivity contribution < 1.29 is 4.74 Å². The summed E-state index contributed by atoms with van der Waals surface area (Å²) in [5, 5.41) is 0. The number of alkyl halides is 1. The first-order chi connectivity index (χ1) is 8.04. The molecule has 1 aromatic heterocycles. The predicted octanol–water partition coefficient (Wildman–Crippen LogP) is 4.25. The van der Waals surface area contributed by atoms with Gasteiger partial charge in [-0.05, 0) is 44.2 Å². The molecule has 0 radical (unpaired) electrons. The molecule has 0 saturated heterocycles. The lowest BCUT2D eigenvalue weighted by atomic mass is 10.1. The summed E-state index contributed by atoms with van der Waals surface area (Å²) < 4.78 is 5.74. The Kier molecular flexibility index (Phi) is 5.76. The Labute approximate surface area is 109 Å². The molecule has 0 saturated carbocycles. The average Bonchev–Trinajstić information content (AvgIpc) is 2.23. The number of nitrogens with zero attached hydrogens (tertiary/aromatic N) is 1. The maximum atomic E-state index is 5.93. The van der Waals surface area contributed by atoms with Gasteiger partial charge in [0, 0.05) is 11.3 Å². The molecule has 0 N–H and O–H groups in total. The molecule has 96 valence electrons. The van der Waals surface area contributed by atoms with E-state index in [0.717, 1.165) is 35.8 Å². The van der Waals surface area contributed by atoms with Crippen molar-refractivity contribution in [3.63, 3.8) is 0 Å². The Morgan fingerprint density at radius 1 is 1.35 bits per heavy atom. The maximum Gasteiger partial charge on any atom is 0.218 e. The molecule has 0 aliphatic heterocycles. The largest absolute Gasteiger partial charge is 0.477 e. The van der Waals surface area contributed by atoms with Crippen LogP contribution in [0.15, 0.2) is 6.07 Å². The highest BCUT2D eigenvalue weighted by molar-refractivity contribution is 6.17. The first-order valence-electron chi connectivity index (χ1n) is 6.20. The fourth-order valence-corrected chi connectivity index (χ4v) is 2.10. The third-order valence-corrected chi connectivity index (χ3v) is 3.00. The van der Waals surface area contributed by atoms with Crippen molar-refractivity contribution in [2.24, 2.45) is 5.92 Å². The number of hydrogen-bond donors (Lipinski definition) is 0. The van der Waals surface area contributed by atoms with Crippen LogP contribution < -0.4 is 4.74 Å². The summed E-state index contributed by atoms with van der Waals surface area (Å²) in [6.07, 6.45) is 2.25. The van der Waals surface area contributed by atoms with Crippen molar-refractivity contribution in [2.45, 2.75) is 46.4 Å². The molecule has 0 unspecified atom stereocenters. The molecule has 0 amide bonds. The molecule has 0 spiro atoms. The van der Waals surface area contributed by atoms with Gasteiger partial charge in [0.2, 0.25) is 5.88 Å². The number of rotatable bonds is 6. The van der Waals surface area contributed by atoms with Crippen LogP contribution in [0.1, 0.15) is 43.5 Å². The molecule has 0 fully saturated rings. The zero-order chi connectivity index (χ0) is 12.8. The molecule has 2 nitrogen and oxygen atoms in total. The van der Waals surface area contributed by atoms with Gasteiger partial charge in [-0.1, -0.05) is 13.8 Å². The first-order valence-corrected chi connectivity index (χ1v) is 6.74. The van der Waals surface area contributed by atoms with Gasteiger partial charge in [0.1, 0.15) is 0 Å². The Morgan fingerprint density at radius 3 is 2.65 bits per heavy atom. The van der Waals surface area contributed by atoms with Crippen LogP contribution in [0, 0.1) is 19.8 Å². The van der Waals surface area contributed by atoms with Gasteiger partial charge in [0.05, 0.1) is 12.5 Å². The number of pyridine rings is 1. The molecule has 0 bridgehead atoms. The van der Waals surface area contributed by atoms with Crippen LogP contribution in [-0.2, 0) is 5.88 Å². The summed E-state index contributed by atoms with van der Waals surface area (Å²) in [5.74, 6) is 1.89. The van der Waals surface area contributed by atoms with Crippen molar-refractivity contribution in [1.29, 1.82) is 0 Å². The molecule has 0 aliphatic rings. The fraction of sp³-hybridized carbons (Fsp3) is 0.643. The molecule has 3 heteroatoms. The van der Waals surface area contributed by atoms with E-state index in [-0.39, 0.29) is 0 Å². The highest BCUT2D eigenvalue weighted by atomic mass is 35.5. The summed E-state index contributed by atoms with van der Waals surface area (Å²) in [6.45, 7) is 9.19. The summed E-state index contributed by atoms with van der Waals surface area (Å²) in [4.78, 5) is 4.41. The second-order valence-corrected chi connectivity index (χ2v) is 5.15. The zero-order valence-electron chi connectivity index (χ0n) is 11.2. The van der Waals surface area contributed by atoms with E-state index in [1.807, 2.05) is 19.9 Å². The SMILES string of the molecule is Cc1cc(C)c(CCl)c(OCCCC(C)C)n1. The summed E-state index contributed by atoms with van der Waals surface area (Å²) in [5.41, 5.74) is 3.16. The van der Waals surface area contributed by atoms with Crippen LogP contribution in [0.2, 0.25) is 0 Å². The van der Waals surface area contributed by atoms with Gasteiger partial charge in [-0.15, -0.1) is 11.6 Å². The van der Waals surface area contributed by atoms with Gasteiger partial charge in [0.25, 0.3) is 0 Å². The maximum absolute atomic E-state index is 5.93. The van der Waals surface area contributed by atoms with Gasteiger partial charge in [-0.25, -0.2) is 4.98 Å². The number of hydrogen-bond acceptors (Lipinski definition) is 2. The topological polar surface area (TPSA) is 22.1 Å². The van der Waals surface area contributed by atoms with Crippen molar-refractivity contribution in [3.8, 4) is 5.88 Å². The predicted molar refractivity (Wildman–Crippen MR) is 72.8 cm³/mol. The molecular weight excluding hydrogens is 234 g/mol. The van der Waals surface area contributed by atoms with Gasteiger partial charge in [-0.3, -0.25) is 0 Å². The van der Waals surface area contributed by atoms with Crippen molar-refractivity contribution in [3.05, 3.63) is 22.9 Å². The Balaban J connectivity index is 2.63. The summed E-state index contributed by atoms with van der Waals surface area (Å²) >= 11 is 5.93. The molecule has 1 aromatic rings. The minimum atomic E-state index is 0.457. The standard InChI is InChI=1S/C14H22ClNO/c1-10(2)6-5-7-17-14-13(9-15)11(3)8-12(4)16-14/h8,10H,5-7,9H2,1-4H3. The lowest BCUT2D eigenvalue weighted by Crippen LogP contribution is -2.05. The van der Waals surface area contributed by atoms with Gasteiger partial charge in [-0.2, -0.15) is 0 Å². The second-order valence-electron chi connectivity index (χ2n) is 4.88.